The highest BCUT2D eigenvalue weighted by Gasteiger charge is 2.64. The first-order chi connectivity index (χ1) is 12.9. The van der Waals surface area contributed by atoms with Gasteiger partial charge in [-0.05, 0) is 86.5 Å². The van der Waals surface area contributed by atoms with Crippen molar-refractivity contribution in [2.75, 3.05) is 0 Å². The smallest absolute Gasteiger partial charge is 0.226 e. The molecule has 0 heterocycles. The van der Waals surface area contributed by atoms with Gasteiger partial charge in [-0.25, -0.2) is 0 Å². The number of nitrogens with one attached hydrogen (secondary N) is 1. The molecule has 3 nitrogen and oxygen atoms in total. The van der Waals surface area contributed by atoms with Crippen LogP contribution < -0.4 is 11.1 Å². The summed E-state index contributed by atoms with van der Waals surface area (Å²) in [5.74, 6) is 1.07. The van der Waals surface area contributed by atoms with Crippen molar-refractivity contribution in [1.82, 2.24) is 5.32 Å². The van der Waals surface area contributed by atoms with E-state index in [9.17, 15) is 4.79 Å². The lowest BCUT2D eigenvalue weighted by Gasteiger charge is -2.65. The summed E-state index contributed by atoms with van der Waals surface area (Å²) in [5.41, 5.74) is 7.92. The van der Waals surface area contributed by atoms with Crippen LogP contribution in [0.5, 0.6) is 0 Å². The van der Waals surface area contributed by atoms with Crippen LogP contribution in [0.4, 0.5) is 0 Å². The Morgan fingerprint density at radius 1 is 1.00 bits per heavy atom. The quantitative estimate of drug-likeness (QED) is 0.838. The van der Waals surface area contributed by atoms with Gasteiger partial charge in [0.25, 0.3) is 0 Å². The van der Waals surface area contributed by atoms with Gasteiger partial charge in [-0.1, -0.05) is 37.3 Å². The van der Waals surface area contributed by atoms with E-state index in [-0.39, 0.29) is 10.8 Å². The van der Waals surface area contributed by atoms with Crippen molar-refractivity contribution < 1.29 is 4.79 Å². The molecule has 0 aliphatic heterocycles. The maximum atomic E-state index is 13.6. The third-order valence-corrected chi connectivity index (χ3v) is 8.32. The average Bonchev–Trinajstić information content (AvgIpc) is 2.62. The third-order valence-electron chi connectivity index (χ3n) is 8.32. The Hall–Kier alpha value is -1.35. The topological polar surface area (TPSA) is 55.1 Å². The van der Waals surface area contributed by atoms with Crippen LogP contribution in [0.2, 0.25) is 0 Å². The van der Waals surface area contributed by atoms with E-state index >= 15 is 0 Å². The van der Waals surface area contributed by atoms with E-state index in [0.29, 0.717) is 29.3 Å². The molecule has 4 atom stereocenters. The summed E-state index contributed by atoms with van der Waals surface area (Å²) in [6.07, 6.45) is 11.3. The van der Waals surface area contributed by atoms with Crippen molar-refractivity contribution in [3.8, 4) is 0 Å². The molecule has 5 fully saturated rings. The van der Waals surface area contributed by atoms with E-state index in [4.69, 9.17) is 5.73 Å². The third kappa shape index (κ3) is 2.93. The molecule has 0 spiro atoms. The lowest BCUT2D eigenvalue weighted by molar-refractivity contribution is -0.161. The molecule has 146 valence electrons. The lowest BCUT2D eigenvalue weighted by Crippen LogP contribution is -2.62. The Balaban J connectivity index is 1.43. The summed E-state index contributed by atoms with van der Waals surface area (Å²) in [7, 11) is 0. The van der Waals surface area contributed by atoms with Crippen LogP contribution in [0, 0.1) is 16.7 Å². The molecule has 4 bridgehead atoms. The molecule has 0 saturated heterocycles. The summed E-state index contributed by atoms with van der Waals surface area (Å²) in [4.78, 5) is 13.6. The predicted molar refractivity (Wildman–Crippen MR) is 108 cm³/mol. The maximum Gasteiger partial charge on any atom is 0.226 e. The van der Waals surface area contributed by atoms with Gasteiger partial charge in [-0.15, -0.1) is 0 Å². The average molecular weight is 367 g/mol. The Morgan fingerprint density at radius 3 is 2.44 bits per heavy atom. The van der Waals surface area contributed by atoms with Gasteiger partial charge in [0, 0.05) is 12.1 Å². The van der Waals surface area contributed by atoms with E-state index in [1.54, 1.807) is 0 Å². The largest absolute Gasteiger partial charge is 0.353 e. The normalized spacial score (nSPS) is 45.6. The molecule has 3 N–H and O–H groups in total. The van der Waals surface area contributed by atoms with Crippen molar-refractivity contribution in [2.24, 2.45) is 22.5 Å². The number of benzene rings is 1. The highest BCUT2D eigenvalue weighted by molar-refractivity contribution is 5.84. The minimum absolute atomic E-state index is 0.149. The summed E-state index contributed by atoms with van der Waals surface area (Å²) >= 11 is 0. The standard InChI is InChI=1S/C24H34N2O/c1-22-11-17-12-23(14-22,18-5-3-2-4-6-18)16-24(13-17,15-22)21(27)26-20-9-7-19(25)8-10-20/h2-6,17,19-20H,7-16,25H2,1H3,(H,26,27)/t17?,19?,20?,22-,23-,24?/m1/s1. The van der Waals surface area contributed by atoms with Crippen LogP contribution in [-0.2, 0) is 10.2 Å². The maximum absolute atomic E-state index is 13.6. The van der Waals surface area contributed by atoms with Crippen LogP contribution in [-0.4, -0.2) is 18.0 Å². The van der Waals surface area contributed by atoms with Crippen LogP contribution in [0.15, 0.2) is 30.3 Å². The molecule has 3 heteroatoms. The fourth-order valence-corrected chi connectivity index (χ4v) is 7.89. The second kappa shape index (κ2) is 6.07. The fourth-order valence-electron chi connectivity index (χ4n) is 7.89. The highest BCUT2D eigenvalue weighted by Crippen LogP contribution is 2.70. The second-order valence-electron chi connectivity index (χ2n) is 10.8. The first kappa shape index (κ1) is 17.7. The number of amides is 1. The number of rotatable bonds is 3. The summed E-state index contributed by atoms with van der Waals surface area (Å²) in [6, 6.07) is 11.8. The Morgan fingerprint density at radius 2 is 1.74 bits per heavy atom. The van der Waals surface area contributed by atoms with E-state index in [2.05, 4.69) is 42.6 Å². The van der Waals surface area contributed by atoms with Crippen molar-refractivity contribution in [3.63, 3.8) is 0 Å². The van der Waals surface area contributed by atoms with Gasteiger partial charge >= 0.3 is 0 Å². The highest BCUT2D eigenvalue weighted by atomic mass is 16.2. The molecule has 0 aromatic heterocycles. The molecule has 27 heavy (non-hydrogen) atoms. The van der Waals surface area contributed by atoms with Crippen LogP contribution >= 0.6 is 0 Å². The summed E-state index contributed by atoms with van der Waals surface area (Å²) < 4.78 is 0. The number of hydrogen-bond acceptors (Lipinski definition) is 2. The van der Waals surface area contributed by atoms with Crippen LogP contribution in [0.3, 0.4) is 0 Å². The molecule has 0 radical (unpaired) electrons. The Bertz CT molecular complexity index is 725. The van der Waals surface area contributed by atoms with E-state index in [1.165, 1.54) is 24.8 Å². The zero-order valence-corrected chi connectivity index (χ0v) is 16.7. The zero-order chi connectivity index (χ0) is 18.7. The van der Waals surface area contributed by atoms with Crippen molar-refractivity contribution in [2.45, 2.75) is 88.6 Å². The van der Waals surface area contributed by atoms with Gasteiger partial charge < -0.3 is 11.1 Å². The van der Waals surface area contributed by atoms with Crippen molar-refractivity contribution in [3.05, 3.63) is 35.9 Å². The molecule has 6 rings (SSSR count). The summed E-state index contributed by atoms with van der Waals surface area (Å²) in [6.45, 7) is 2.46. The molecule has 5 saturated carbocycles. The first-order valence-electron chi connectivity index (χ1n) is 11.0. The molecule has 1 aromatic carbocycles. The van der Waals surface area contributed by atoms with Gasteiger partial charge in [0.15, 0.2) is 0 Å². The second-order valence-corrected chi connectivity index (χ2v) is 10.8. The molecular weight excluding hydrogens is 332 g/mol. The zero-order valence-electron chi connectivity index (χ0n) is 16.7. The minimum Gasteiger partial charge on any atom is -0.353 e. The van der Waals surface area contributed by atoms with Gasteiger partial charge in [0.05, 0.1) is 5.41 Å². The summed E-state index contributed by atoms with van der Waals surface area (Å²) in [5, 5.41) is 3.49. The molecule has 2 unspecified atom stereocenters. The fraction of sp³-hybridized carbons (Fsp3) is 0.708. The van der Waals surface area contributed by atoms with Gasteiger partial charge in [0.1, 0.15) is 0 Å². The molecule has 1 aromatic rings. The van der Waals surface area contributed by atoms with E-state index < -0.39 is 0 Å². The Labute approximate surface area is 163 Å². The van der Waals surface area contributed by atoms with Crippen LogP contribution in [0.25, 0.3) is 0 Å². The van der Waals surface area contributed by atoms with Crippen molar-refractivity contribution >= 4 is 5.91 Å². The first-order valence-corrected chi connectivity index (χ1v) is 11.0. The number of hydrogen-bond donors (Lipinski definition) is 2. The molecular formula is C24H34N2O. The van der Waals surface area contributed by atoms with Crippen molar-refractivity contribution in [1.29, 1.82) is 0 Å². The number of carbonyl (C=O) groups is 1. The Kier molecular flexibility index (Phi) is 3.99. The van der Waals surface area contributed by atoms with E-state index in [1.807, 2.05) is 0 Å². The number of carbonyl (C=O) groups excluding carboxylic acids is 1. The van der Waals surface area contributed by atoms with Gasteiger partial charge in [0.2, 0.25) is 5.91 Å². The predicted octanol–water partition coefficient (Wildman–Crippen LogP) is 4.30. The molecule has 1 amide bonds. The van der Waals surface area contributed by atoms with Gasteiger partial charge in [-0.3, -0.25) is 4.79 Å². The monoisotopic (exact) mass is 366 g/mol. The SMILES string of the molecule is C[C@]12CC3CC(C(=O)NC4CCC(N)CC4)(C1)C[C@@](c1ccccc1)(C3)C2. The molecule has 5 aliphatic rings. The van der Waals surface area contributed by atoms with E-state index in [0.717, 1.165) is 44.9 Å². The molecule has 5 aliphatic carbocycles. The van der Waals surface area contributed by atoms with Crippen LogP contribution in [0.1, 0.15) is 76.7 Å². The lowest BCUT2D eigenvalue weighted by atomic mass is 9.38. The number of nitrogens with two attached hydrogens (primary N) is 1. The minimum atomic E-state index is -0.149. The van der Waals surface area contributed by atoms with Gasteiger partial charge in [-0.2, -0.15) is 0 Å².